The Hall–Kier alpha value is -2.44. The monoisotopic (exact) mass is 825 g/mol. The van der Waals surface area contributed by atoms with Gasteiger partial charge in [0.25, 0.3) is 0 Å². The van der Waals surface area contributed by atoms with Crippen LogP contribution in [-0.4, -0.2) is 11.9 Å². The minimum atomic E-state index is 0. The molecule has 0 fully saturated rings. The van der Waals surface area contributed by atoms with Crippen LogP contribution in [0.4, 0.5) is 11.4 Å². The fraction of sp³-hybridized carbons (Fsp3) is 0.647. The maximum atomic E-state index is 4.98. The summed E-state index contributed by atoms with van der Waals surface area (Å²) < 4.78 is 0. The van der Waals surface area contributed by atoms with E-state index in [9.17, 15) is 0 Å². The van der Waals surface area contributed by atoms with E-state index in [1.165, 1.54) is 167 Å². The van der Waals surface area contributed by atoms with Crippen molar-refractivity contribution in [2.75, 3.05) is 0 Å². The van der Waals surface area contributed by atoms with E-state index < -0.39 is 0 Å². The van der Waals surface area contributed by atoms with E-state index in [4.69, 9.17) is 9.98 Å². The van der Waals surface area contributed by atoms with Gasteiger partial charge < -0.3 is 0 Å². The number of benzene rings is 2. The Morgan fingerprint density at radius 3 is 1.15 bits per heavy atom. The van der Waals surface area contributed by atoms with Gasteiger partial charge in [0.1, 0.15) is 0 Å². The Balaban J connectivity index is 0.0000146. The predicted molar refractivity (Wildman–Crippen MR) is 237 cm³/mol. The van der Waals surface area contributed by atoms with Gasteiger partial charge in [-0.2, -0.15) is 0 Å². The largest absolute Gasteiger partial charge is 0.255 e. The van der Waals surface area contributed by atoms with Crippen LogP contribution < -0.4 is 0 Å². The normalized spacial score (nSPS) is 11.2. The minimum Gasteiger partial charge on any atom is -0.255 e. The second-order valence-corrected chi connectivity index (χ2v) is 15.3. The van der Waals surface area contributed by atoms with Crippen LogP contribution in [0.5, 0.6) is 0 Å². The van der Waals surface area contributed by atoms with E-state index in [1.54, 1.807) is 0 Å². The molecule has 0 heterocycles. The van der Waals surface area contributed by atoms with Gasteiger partial charge in [0.15, 0.2) is 0 Å². The van der Waals surface area contributed by atoms with Crippen LogP contribution >= 0.6 is 0 Å². The molecule has 0 aliphatic rings. The third-order valence-electron chi connectivity index (χ3n) is 10.2. The summed E-state index contributed by atoms with van der Waals surface area (Å²) in [7, 11) is 0. The molecule has 0 saturated heterocycles. The van der Waals surface area contributed by atoms with Crippen LogP contribution in [0.1, 0.15) is 225 Å². The Labute approximate surface area is 348 Å². The Bertz CT molecular complexity index is 1320. The van der Waals surface area contributed by atoms with Crippen LogP contribution in [0.2, 0.25) is 0 Å². The zero-order chi connectivity index (χ0) is 37.7. The number of aliphatic imine (C=N–C) groups is 2. The van der Waals surface area contributed by atoms with Crippen LogP contribution in [0.25, 0.3) is 0 Å². The fourth-order valence-electron chi connectivity index (χ4n) is 6.71. The van der Waals surface area contributed by atoms with Gasteiger partial charge >= 0.3 is 0 Å². The molecule has 2 rings (SSSR count). The Kier molecular flexibility index (Phi) is 34.4. The molecule has 0 radical (unpaired) electrons. The molecule has 2 aromatic rings. The minimum absolute atomic E-state index is 0. The van der Waals surface area contributed by atoms with Crippen LogP contribution in [0.3, 0.4) is 0 Å². The molecule has 0 N–H and O–H groups in total. The maximum Gasteiger partial charge on any atom is 0.0634 e. The number of unbranched alkanes of at least 4 members (excludes halogenated alkanes) is 26. The molecule has 0 unspecified atom stereocenters. The van der Waals surface area contributed by atoms with Gasteiger partial charge in [0.05, 0.1) is 17.1 Å². The van der Waals surface area contributed by atoms with Gasteiger partial charge in [-0.05, 0) is 74.2 Å². The molecule has 2 nitrogen and oxygen atoms in total. The van der Waals surface area contributed by atoms with Gasteiger partial charge in [-0.1, -0.05) is 199 Å². The van der Waals surface area contributed by atoms with Crippen molar-refractivity contribution in [2.24, 2.45) is 9.98 Å². The Morgan fingerprint density at radius 2 is 0.759 bits per heavy atom. The second kappa shape index (κ2) is 37.5. The summed E-state index contributed by atoms with van der Waals surface area (Å²) in [5.74, 6) is 13.5. The van der Waals surface area contributed by atoms with Gasteiger partial charge in [-0.3, -0.25) is 9.98 Å². The predicted octanol–water partition coefficient (Wildman–Crippen LogP) is 16.6. The SMILES string of the molecule is CCCCCCCCCCCCCCC#Cc1ccc(N=CC(CCCCC)=Nc2ccc(C#CCCCCCCCCCCCCCC)cc2)cc1.[Pd]. The first-order chi connectivity index (χ1) is 26.2. The fourth-order valence-corrected chi connectivity index (χ4v) is 6.71. The molecular formula is C51H78N2Pd. The summed E-state index contributed by atoms with van der Waals surface area (Å²) >= 11 is 0. The Morgan fingerprint density at radius 1 is 0.426 bits per heavy atom. The van der Waals surface area contributed by atoms with Crippen LogP contribution in [0.15, 0.2) is 58.5 Å². The second-order valence-electron chi connectivity index (χ2n) is 15.3. The van der Waals surface area contributed by atoms with E-state index in [0.717, 1.165) is 53.9 Å². The molecule has 0 atom stereocenters. The molecular weight excluding hydrogens is 747 g/mol. The first kappa shape index (κ1) is 49.6. The quantitative estimate of drug-likeness (QED) is 0.0313. The summed E-state index contributed by atoms with van der Waals surface area (Å²) in [5, 5.41) is 0. The van der Waals surface area contributed by atoms with Crippen molar-refractivity contribution in [1.29, 1.82) is 0 Å². The summed E-state index contributed by atoms with van der Waals surface area (Å²) in [5.41, 5.74) is 5.07. The van der Waals surface area contributed by atoms with E-state index >= 15 is 0 Å². The van der Waals surface area contributed by atoms with E-state index in [1.807, 2.05) is 6.21 Å². The standard InChI is InChI=1S/C51H78N2.Pd/c1-4-7-10-12-14-16-18-20-22-24-26-28-30-33-35-47-38-42-49(43-39-47)52-46-51(37-32-9-6-3)53-50-44-40-48(41-45-50)36-34-31-29-27-25-23-21-19-17-15-13-11-8-5-2;/h38-46H,4-32,37H2,1-3H3;. The first-order valence-corrected chi connectivity index (χ1v) is 22.5. The molecule has 54 heavy (non-hydrogen) atoms. The van der Waals surface area contributed by atoms with Gasteiger partial charge in [-0.15, -0.1) is 0 Å². The number of hydrogen-bond donors (Lipinski definition) is 0. The average molecular weight is 826 g/mol. The van der Waals surface area contributed by atoms with Crippen molar-refractivity contribution >= 4 is 23.3 Å². The molecule has 0 saturated carbocycles. The molecule has 3 heteroatoms. The molecule has 0 aromatic heterocycles. The van der Waals surface area contributed by atoms with Crippen molar-refractivity contribution in [1.82, 2.24) is 0 Å². The van der Waals surface area contributed by atoms with Gasteiger partial charge in [0, 0.05) is 50.6 Å². The summed E-state index contributed by atoms with van der Waals surface area (Å²) in [6, 6.07) is 16.7. The van der Waals surface area contributed by atoms with E-state index in [-0.39, 0.29) is 20.4 Å². The zero-order valence-corrected chi connectivity index (χ0v) is 36.7. The molecule has 302 valence electrons. The van der Waals surface area contributed by atoms with Crippen molar-refractivity contribution in [3.63, 3.8) is 0 Å². The number of nitrogens with zero attached hydrogens (tertiary/aromatic N) is 2. The topological polar surface area (TPSA) is 24.7 Å². The van der Waals surface area contributed by atoms with Crippen molar-refractivity contribution in [3.05, 3.63) is 59.7 Å². The van der Waals surface area contributed by atoms with Crippen molar-refractivity contribution in [3.8, 4) is 23.7 Å². The summed E-state index contributed by atoms with van der Waals surface area (Å²) in [6.07, 6.45) is 41.5. The molecule has 0 aliphatic carbocycles. The summed E-state index contributed by atoms with van der Waals surface area (Å²) in [6.45, 7) is 6.82. The maximum absolute atomic E-state index is 4.98. The summed E-state index contributed by atoms with van der Waals surface area (Å²) in [4.78, 5) is 9.77. The third kappa shape index (κ3) is 28.9. The van der Waals surface area contributed by atoms with Gasteiger partial charge in [-0.25, -0.2) is 0 Å². The third-order valence-corrected chi connectivity index (χ3v) is 10.2. The van der Waals surface area contributed by atoms with Crippen molar-refractivity contribution in [2.45, 2.75) is 213 Å². The molecule has 0 aliphatic heterocycles. The van der Waals surface area contributed by atoms with E-state index in [0.29, 0.717) is 0 Å². The van der Waals surface area contributed by atoms with Crippen LogP contribution in [0, 0.1) is 23.7 Å². The first-order valence-electron chi connectivity index (χ1n) is 22.5. The van der Waals surface area contributed by atoms with Gasteiger partial charge in [0.2, 0.25) is 0 Å². The van der Waals surface area contributed by atoms with E-state index in [2.05, 4.69) is 93.0 Å². The number of hydrogen-bond acceptors (Lipinski definition) is 2. The molecule has 0 amide bonds. The molecule has 0 bridgehead atoms. The smallest absolute Gasteiger partial charge is 0.0634 e. The average Bonchev–Trinajstić information content (AvgIpc) is 3.18. The zero-order valence-electron chi connectivity index (χ0n) is 35.1. The number of rotatable bonds is 31. The molecule has 2 aromatic carbocycles. The van der Waals surface area contributed by atoms with Crippen LogP contribution in [-0.2, 0) is 20.4 Å². The molecule has 0 spiro atoms. The van der Waals surface area contributed by atoms with Crippen molar-refractivity contribution < 1.29 is 20.4 Å².